The topological polar surface area (TPSA) is 59.8 Å². The Hall–Kier alpha value is -2.52. The van der Waals surface area contributed by atoms with Crippen molar-refractivity contribution in [1.29, 1.82) is 0 Å². The van der Waals surface area contributed by atoms with Crippen LogP contribution in [0.3, 0.4) is 0 Å². The molecule has 0 bridgehead atoms. The highest BCUT2D eigenvalue weighted by atomic mass is 35.5. The third-order valence-electron chi connectivity index (χ3n) is 4.43. The zero-order valence-corrected chi connectivity index (χ0v) is 19.1. The normalized spacial score (nSPS) is 11.7. The summed E-state index contributed by atoms with van der Waals surface area (Å²) < 4.78 is 41.1. The maximum Gasteiger partial charge on any atom is 0.417 e. The molecule has 0 aliphatic rings. The summed E-state index contributed by atoms with van der Waals surface area (Å²) in [6.07, 6.45) is -3.99. The quantitative estimate of drug-likeness (QED) is 0.404. The van der Waals surface area contributed by atoms with Crippen molar-refractivity contribution in [3.05, 3.63) is 70.5 Å². The lowest BCUT2D eigenvalue weighted by Gasteiger charge is -2.13. The second-order valence-electron chi connectivity index (χ2n) is 7.59. The second kappa shape index (κ2) is 10.4. The minimum absolute atomic E-state index is 0.0223. The summed E-state index contributed by atoms with van der Waals surface area (Å²) in [5.41, 5.74) is 0.134. The van der Waals surface area contributed by atoms with Crippen LogP contribution in [0.15, 0.2) is 53.7 Å². The SMILES string of the molecule is CC(C)Cn1c(Cc2ccccc2)nnc1SCC(=O)Nc1ccc(Cl)c(C(F)(F)F)c1. The van der Waals surface area contributed by atoms with Gasteiger partial charge >= 0.3 is 6.18 Å². The molecule has 2 aromatic carbocycles. The molecule has 0 atom stereocenters. The number of alkyl halides is 3. The van der Waals surface area contributed by atoms with Crippen molar-refractivity contribution in [2.24, 2.45) is 5.92 Å². The number of nitrogens with one attached hydrogen (secondary N) is 1. The van der Waals surface area contributed by atoms with Crippen LogP contribution in [0, 0.1) is 5.92 Å². The molecular weight excluding hydrogens is 461 g/mol. The van der Waals surface area contributed by atoms with Gasteiger partial charge in [-0.1, -0.05) is 67.5 Å². The second-order valence-corrected chi connectivity index (χ2v) is 8.94. The standard InChI is InChI=1S/C22H22ClF3N4OS/c1-14(2)12-30-19(10-15-6-4-3-5-7-15)28-29-21(30)32-13-20(31)27-16-8-9-18(23)17(11-16)22(24,25)26/h3-9,11,14H,10,12-13H2,1-2H3,(H,27,31). The Bertz CT molecular complexity index is 1070. The van der Waals surface area contributed by atoms with Crippen LogP contribution in [0.25, 0.3) is 0 Å². The van der Waals surface area contributed by atoms with Crippen molar-refractivity contribution in [1.82, 2.24) is 14.8 Å². The average Bonchev–Trinajstić information content (AvgIpc) is 3.08. The van der Waals surface area contributed by atoms with Gasteiger partial charge in [-0.3, -0.25) is 4.79 Å². The van der Waals surface area contributed by atoms with Gasteiger partial charge in [0.05, 0.1) is 16.3 Å². The fourth-order valence-corrected chi connectivity index (χ4v) is 4.02. The maximum absolute atomic E-state index is 13.0. The van der Waals surface area contributed by atoms with Crippen molar-refractivity contribution in [2.75, 3.05) is 11.1 Å². The van der Waals surface area contributed by atoms with E-state index in [1.54, 1.807) is 0 Å². The molecular formula is C22H22ClF3N4OS. The van der Waals surface area contributed by atoms with Crippen LogP contribution in [0.1, 0.15) is 30.8 Å². The monoisotopic (exact) mass is 482 g/mol. The van der Waals surface area contributed by atoms with Gasteiger partial charge in [0.25, 0.3) is 0 Å². The maximum atomic E-state index is 13.0. The molecule has 0 fully saturated rings. The molecule has 1 heterocycles. The average molecular weight is 483 g/mol. The number of hydrogen-bond donors (Lipinski definition) is 1. The molecule has 32 heavy (non-hydrogen) atoms. The number of aromatic nitrogens is 3. The highest BCUT2D eigenvalue weighted by Crippen LogP contribution is 2.36. The molecule has 0 radical (unpaired) electrons. The Morgan fingerprint density at radius 3 is 2.53 bits per heavy atom. The fraction of sp³-hybridized carbons (Fsp3) is 0.318. The minimum Gasteiger partial charge on any atom is -0.325 e. The van der Waals surface area contributed by atoms with E-state index in [1.165, 1.54) is 17.8 Å². The van der Waals surface area contributed by atoms with E-state index in [4.69, 9.17) is 11.6 Å². The summed E-state index contributed by atoms with van der Waals surface area (Å²) in [4.78, 5) is 12.4. The van der Waals surface area contributed by atoms with Gasteiger partial charge in [-0.2, -0.15) is 13.2 Å². The Morgan fingerprint density at radius 2 is 1.88 bits per heavy atom. The van der Waals surface area contributed by atoms with E-state index in [0.717, 1.165) is 23.5 Å². The van der Waals surface area contributed by atoms with Gasteiger partial charge in [0, 0.05) is 18.7 Å². The number of anilines is 1. The molecule has 3 aromatic rings. The Labute approximate surface area is 193 Å². The smallest absolute Gasteiger partial charge is 0.325 e. The van der Waals surface area contributed by atoms with Crippen molar-refractivity contribution in [3.8, 4) is 0 Å². The first-order chi connectivity index (χ1) is 15.1. The van der Waals surface area contributed by atoms with Crippen molar-refractivity contribution in [3.63, 3.8) is 0 Å². The molecule has 1 amide bonds. The Morgan fingerprint density at radius 1 is 1.16 bits per heavy atom. The van der Waals surface area contributed by atoms with Crippen LogP contribution in [-0.4, -0.2) is 26.4 Å². The van der Waals surface area contributed by atoms with Gasteiger partial charge in [-0.15, -0.1) is 10.2 Å². The van der Waals surface area contributed by atoms with Crippen molar-refractivity contribution < 1.29 is 18.0 Å². The third-order valence-corrected chi connectivity index (χ3v) is 5.73. The number of benzene rings is 2. The van der Waals surface area contributed by atoms with E-state index in [1.807, 2.05) is 34.9 Å². The lowest BCUT2D eigenvalue weighted by atomic mass is 10.1. The Kier molecular flexibility index (Phi) is 7.84. The number of amides is 1. The number of nitrogens with zero attached hydrogens (tertiary/aromatic N) is 3. The van der Waals surface area contributed by atoms with E-state index >= 15 is 0 Å². The minimum atomic E-state index is -4.60. The van der Waals surface area contributed by atoms with Gasteiger partial charge in [0.2, 0.25) is 5.91 Å². The molecule has 0 aliphatic carbocycles. The van der Waals surface area contributed by atoms with Gasteiger partial charge in [0.15, 0.2) is 5.16 Å². The number of halogens is 4. The van der Waals surface area contributed by atoms with Gasteiger partial charge < -0.3 is 9.88 Å². The molecule has 0 unspecified atom stereocenters. The van der Waals surface area contributed by atoms with Crippen molar-refractivity contribution in [2.45, 2.75) is 38.1 Å². The van der Waals surface area contributed by atoms with Crippen LogP contribution in [0.2, 0.25) is 5.02 Å². The zero-order chi connectivity index (χ0) is 23.3. The molecule has 0 saturated heterocycles. The first kappa shape index (κ1) is 24.1. The Balaban J connectivity index is 1.69. The molecule has 10 heteroatoms. The number of rotatable bonds is 8. The summed E-state index contributed by atoms with van der Waals surface area (Å²) in [6.45, 7) is 4.84. The largest absolute Gasteiger partial charge is 0.417 e. The van der Waals surface area contributed by atoms with E-state index < -0.39 is 22.7 Å². The highest BCUT2D eigenvalue weighted by Gasteiger charge is 2.33. The van der Waals surface area contributed by atoms with Crippen LogP contribution < -0.4 is 5.32 Å². The molecule has 0 aliphatic heterocycles. The van der Waals surface area contributed by atoms with Gasteiger partial charge in [-0.25, -0.2) is 0 Å². The summed E-state index contributed by atoms with van der Waals surface area (Å²) in [5, 5.41) is 11.2. The molecule has 1 N–H and O–H groups in total. The third kappa shape index (κ3) is 6.49. The van der Waals surface area contributed by atoms with Crippen LogP contribution in [0.4, 0.5) is 18.9 Å². The lowest BCUT2D eigenvalue weighted by Crippen LogP contribution is -2.16. The number of carbonyl (C=O) groups excluding carboxylic acids is 1. The first-order valence-electron chi connectivity index (χ1n) is 9.89. The predicted molar refractivity (Wildman–Crippen MR) is 120 cm³/mol. The predicted octanol–water partition coefficient (Wildman–Crippen LogP) is 5.93. The zero-order valence-electron chi connectivity index (χ0n) is 17.5. The molecule has 1 aromatic heterocycles. The van der Waals surface area contributed by atoms with E-state index in [9.17, 15) is 18.0 Å². The van der Waals surface area contributed by atoms with E-state index in [2.05, 4.69) is 29.4 Å². The first-order valence-corrected chi connectivity index (χ1v) is 11.2. The lowest BCUT2D eigenvalue weighted by molar-refractivity contribution is -0.137. The number of thioether (sulfide) groups is 1. The van der Waals surface area contributed by atoms with Crippen LogP contribution >= 0.6 is 23.4 Å². The van der Waals surface area contributed by atoms with Crippen LogP contribution in [-0.2, 0) is 23.9 Å². The van der Waals surface area contributed by atoms with E-state index in [-0.39, 0.29) is 11.4 Å². The fourth-order valence-electron chi connectivity index (χ4n) is 3.03. The molecule has 0 saturated carbocycles. The summed E-state index contributed by atoms with van der Waals surface area (Å²) in [7, 11) is 0. The van der Waals surface area contributed by atoms with Crippen molar-refractivity contribution >= 4 is 35.0 Å². The van der Waals surface area contributed by atoms with Gasteiger partial charge in [-0.05, 0) is 29.7 Å². The molecule has 0 spiro atoms. The molecule has 5 nitrogen and oxygen atoms in total. The summed E-state index contributed by atoms with van der Waals surface area (Å²) in [5.74, 6) is 0.656. The number of carbonyl (C=O) groups is 1. The van der Waals surface area contributed by atoms with Crippen LogP contribution in [0.5, 0.6) is 0 Å². The van der Waals surface area contributed by atoms with E-state index in [0.29, 0.717) is 24.0 Å². The van der Waals surface area contributed by atoms with Gasteiger partial charge in [0.1, 0.15) is 5.82 Å². The highest BCUT2D eigenvalue weighted by molar-refractivity contribution is 7.99. The molecule has 170 valence electrons. The number of hydrogen-bond acceptors (Lipinski definition) is 4. The summed E-state index contributed by atoms with van der Waals surface area (Å²) in [6, 6.07) is 13.1. The summed E-state index contributed by atoms with van der Waals surface area (Å²) >= 11 is 6.81. The molecule has 3 rings (SSSR count).